The molecular weight excluding hydrogens is 202 g/mol. The van der Waals surface area contributed by atoms with Gasteiger partial charge in [-0.15, -0.1) is 0 Å². The van der Waals surface area contributed by atoms with Crippen molar-refractivity contribution in [1.82, 2.24) is 4.98 Å². The van der Waals surface area contributed by atoms with Gasteiger partial charge in [-0.25, -0.2) is 4.98 Å². The zero-order valence-corrected chi connectivity index (χ0v) is 9.26. The van der Waals surface area contributed by atoms with Gasteiger partial charge in [0.05, 0.1) is 17.8 Å². The van der Waals surface area contributed by atoms with Gasteiger partial charge in [-0.1, -0.05) is 24.3 Å². The number of pyridine rings is 1. The summed E-state index contributed by atoms with van der Waals surface area (Å²) in [4.78, 5) is 4.40. The van der Waals surface area contributed by atoms with Crippen molar-refractivity contribution in [2.24, 2.45) is 0 Å². The van der Waals surface area contributed by atoms with Crippen LogP contribution >= 0.6 is 0 Å². The Morgan fingerprint density at radius 2 is 2.06 bits per heavy atom. The molecule has 2 aromatic rings. The summed E-state index contributed by atoms with van der Waals surface area (Å²) < 4.78 is 5.17. The Kier molecular flexibility index (Phi) is 3.49. The second-order valence-electron chi connectivity index (χ2n) is 3.60. The van der Waals surface area contributed by atoms with Gasteiger partial charge in [0.25, 0.3) is 0 Å². The number of hydrogen-bond donors (Lipinski definition) is 1. The maximum atomic E-state index is 9.82. The molecule has 16 heavy (non-hydrogen) atoms. The summed E-state index contributed by atoms with van der Waals surface area (Å²) in [6.45, 7) is 2.80. The van der Waals surface area contributed by atoms with Crippen molar-refractivity contribution in [1.29, 1.82) is 0 Å². The van der Waals surface area contributed by atoms with E-state index in [4.69, 9.17) is 4.74 Å². The number of aromatic nitrogens is 1. The van der Waals surface area contributed by atoms with E-state index in [2.05, 4.69) is 4.98 Å². The Bertz CT molecular complexity index is 470. The lowest BCUT2D eigenvalue weighted by atomic mass is 10.1. The summed E-state index contributed by atoms with van der Waals surface area (Å²) in [5, 5.41) is 10.9. The molecule has 0 saturated heterocycles. The van der Waals surface area contributed by atoms with Gasteiger partial charge >= 0.3 is 0 Å². The number of hydrogen-bond acceptors (Lipinski definition) is 3. The molecule has 1 heterocycles. The second kappa shape index (κ2) is 5.05. The van der Waals surface area contributed by atoms with Crippen LogP contribution in [0.25, 0.3) is 10.9 Å². The highest BCUT2D eigenvalue weighted by Crippen LogP contribution is 2.16. The van der Waals surface area contributed by atoms with Crippen molar-refractivity contribution < 1.29 is 9.84 Å². The van der Waals surface area contributed by atoms with Gasteiger partial charge in [0, 0.05) is 12.0 Å². The molecule has 3 nitrogen and oxygen atoms in total. The zero-order chi connectivity index (χ0) is 11.4. The first kappa shape index (κ1) is 11.0. The van der Waals surface area contributed by atoms with Gasteiger partial charge in [0.1, 0.15) is 6.10 Å². The molecule has 1 unspecified atom stereocenters. The smallest absolute Gasteiger partial charge is 0.119 e. The average Bonchev–Trinajstić information content (AvgIpc) is 2.35. The second-order valence-corrected chi connectivity index (χ2v) is 3.60. The van der Waals surface area contributed by atoms with E-state index in [9.17, 15) is 5.11 Å². The van der Waals surface area contributed by atoms with Crippen molar-refractivity contribution >= 4 is 10.9 Å². The Labute approximate surface area is 94.7 Å². The third-order valence-electron chi connectivity index (χ3n) is 2.44. The van der Waals surface area contributed by atoms with Gasteiger partial charge in [0.2, 0.25) is 0 Å². The van der Waals surface area contributed by atoms with E-state index >= 15 is 0 Å². The number of para-hydroxylation sites is 1. The van der Waals surface area contributed by atoms with Crippen LogP contribution in [0.1, 0.15) is 18.7 Å². The summed E-state index contributed by atoms with van der Waals surface area (Å²) in [5.74, 6) is 0. The molecule has 3 heteroatoms. The van der Waals surface area contributed by atoms with Crippen LogP contribution in [0.5, 0.6) is 0 Å². The van der Waals surface area contributed by atoms with E-state index < -0.39 is 6.10 Å². The molecule has 1 N–H and O–H groups in total. The van der Waals surface area contributed by atoms with E-state index in [0.717, 1.165) is 10.9 Å². The molecule has 84 valence electrons. The largest absolute Gasteiger partial charge is 0.384 e. The molecule has 0 saturated carbocycles. The van der Waals surface area contributed by atoms with E-state index in [1.807, 2.05) is 43.3 Å². The third kappa shape index (κ3) is 2.38. The first-order chi connectivity index (χ1) is 7.81. The molecule has 0 aliphatic rings. The number of fused-ring (bicyclic) bond motifs is 1. The van der Waals surface area contributed by atoms with Crippen LogP contribution in [0.4, 0.5) is 0 Å². The van der Waals surface area contributed by atoms with E-state index in [1.54, 1.807) is 0 Å². The Hall–Kier alpha value is -1.45. The number of nitrogens with zero attached hydrogens (tertiary/aromatic N) is 1. The summed E-state index contributed by atoms with van der Waals surface area (Å²) in [6, 6.07) is 11.7. The van der Waals surface area contributed by atoms with Crippen LogP contribution in [0, 0.1) is 0 Å². The van der Waals surface area contributed by atoms with Crippen molar-refractivity contribution in [3.63, 3.8) is 0 Å². The van der Waals surface area contributed by atoms with E-state index in [-0.39, 0.29) is 0 Å². The number of aliphatic hydroxyl groups excluding tert-OH is 1. The fraction of sp³-hybridized carbons (Fsp3) is 0.308. The maximum Gasteiger partial charge on any atom is 0.119 e. The molecule has 1 aromatic heterocycles. The van der Waals surface area contributed by atoms with Crippen molar-refractivity contribution in [3.05, 3.63) is 42.1 Å². The molecule has 1 atom stereocenters. The number of benzene rings is 1. The predicted molar refractivity (Wildman–Crippen MR) is 63.2 cm³/mol. The van der Waals surface area contributed by atoms with E-state index in [1.165, 1.54) is 0 Å². The van der Waals surface area contributed by atoms with Gasteiger partial charge in [-0.2, -0.15) is 0 Å². The monoisotopic (exact) mass is 217 g/mol. The predicted octanol–water partition coefficient (Wildman–Crippen LogP) is 2.30. The molecule has 0 radical (unpaired) electrons. The van der Waals surface area contributed by atoms with Crippen LogP contribution in [-0.4, -0.2) is 23.3 Å². The number of aliphatic hydroxyl groups is 1. The summed E-state index contributed by atoms with van der Waals surface area (Å²) in [7, 11) is 0. The van der Waals surface area contributed by atoms with E-state index in [0.29, 0.717) is 18.9 Å². The minimum absolute atomic E-state index is 0.293. The summed E-state index contributed by atoms with van der Waals surface area (Å²) in [6.07, 6.45) is -0.649. The molecule has 0 aliphatic heterocycles. The van der Waals surface area contributed by atoms with Gasteiger partial charge < -0.3 is 9.84 Å². The van der Waals surface area contributed by atoms with Gasteiger partial charge in [0.15, 0.2) is 0 Å². The van der Waals surface area contributed by atoms with Crippen LogP contribution in [0.15, 0.2) is 36.4 Å². The number of rotatable bonds is 4. The highest BCUT2D eigenvalue weighted by molar-refractivity contribution is 5.78. The summed E-state index contributed by atoms with van der Waals surface area (Å²) in [5.41, 5.74) is 1.56. The Morgan fingerprint density at radius 3 is 2.88 bits per heavy atom. The molecule has 0 bridgehead atoms. The third-order valence-corrected chi connectivity index (χ3v) is 2.44. The number of ether oxygens (including phenoxy) is 1. The normalized spacial score (nSPS) is 12.9. The van der Waals surface area contributed by atoms with Crippen LogP contribution in [0.3, 0.4) is 0 Å². The fourth-order valence-electron chi connectivity index (χ4n) is 1.58. The lowest BCUT2D eigenvalue weighted by Gasteiger charge is -2.10. The first-order valence-corrected chi connectivity index (χ1v) is 5.42. The van der Waals surface area contributed by atoms with Crippen LogP contribution in [-0.2, 0) is 4.74 Å². The highest BCUT2D eigenvalue weighted by Gasteiger charge is 2.09. The average molecular weight is 217 g/mol. The molecule has 0 amide bonds. The quantitative estimate of drug-likeness (QED) is 0.854. The highest BCUT2D eigenvalue weighted by atomic mass is 16.5. The molecule has 1 aromatic carbocycles. The topological polar surface area (TPSA) is 42.4 Å². The Balaban J connectivity index is 2.25. The first-order valence-electron chi connectivity index (χ1n) is 5.42. The van der Waals surface area contributed by atoms with Crippen molar-refractivity contribution in [2.45, 2.75) is 13.0 Å². The lowest BCUT2D eigenvalue weighted by Crippen LogP contribution is -2.08. The minimum atomic E-state index is -0.649. The maximum absolute atomic E-state index is 9.82. The molecule has 0 fully saturated rings. The molecule has 0 spiro atoms. The van der Waals surface area contributed by atoms with Crippen LogP contribution < -0.4 is 0 Å². The molecule has 2 rings (SSSR count). The molecular formula is C13H15NO2. The van der Waals surface area contributed by atoms with Crippen molar-refractivity contribution in [2.75, 3.05) is 13.2 Å². The summed E-state index contributed by atoms with van der Waals surface area (Å²) >= 11 is 0. The van der Waals surface area contributed by atoms with Crippen molar-refractivity contribution in [3.8, 4) is 0 Å². The lowest BCUT2D eigenvalue weighted by molar-refractivity contribution is 0.0399. The minimum Gasteiger partial charge on any atom is -0.384 e. The van der Waals surface area contributed by atoms with Gasteiger partial charge in [-0.05, 0) is 19.1 Å². The molecule has 0 aliphatic carbocycles. The zero-order valence-electron chi connectivity index (χ0n) is 9.26. The van der Waals surface area contributed by atoms with Crippen LogP contribution in [0.2, 0.25) is 0 Å². The van der Waals surface area contributed by atoms with Gasteiger partial charge in [-0.3, -0.25) is 0 Å². The standard InChI is InChI=1S/C13H15NO2/c1-2-16-9-13(15)12-8-7-10-5-3-4-6-11(10)14-12/h3-8,13,15H,2,9H2,1H3. The Morgan fingerprint density at radius 1 is 1.25 bits per heavy atom. The fourth-order valence-corrected chi connectivity index (χ4v) is 1.58. The SMILES string of the molecule is CCOCC(O)c1ccc2ccccc2n1.